The molecule has 2 rings (SSSR count). The minimum atomic E-state index is 0.324. The number of rotatable bonds is 7. The fourth-order valence-electron chi connectivity index (χ4n) is 2.16. The molecular weight excluding hydrogens is 266 g/mol. The van der Waals surface area contributed by atoms with E-state index in [1.165, 1.54) is 11.1 Å². The summed E-state index contributed by atoms with van der Waals surface area (Å²) < 4.78 is 5.61. The summed E-state index contributed by atoms with van der Waals surface area (Å²) in [6.45, 7) is 7.30. The Labute approximate surface area is 125 Å². The molecule has 0 radical (unpaired) electrons. The molecule has 0 bridgehead atoms. The number of thiophene rings is 1. The fraction of sp³-hybridized carbons (Fsp3) is 0.412. The highest BCUT2D eigenvalue weighted by molar-refractivity contribution is 7.07. The maximum atomic E-state index is 5.61. The van der Waals surface area contributed by atoms with E-state index < -0.39 is 0 Å². The summed E-state index contributed by atoms with van der Waals surface area (Å²) >= 11 is 1.74. The quantitative estimate of drug-likeness (QED) is 0.778. The van der Waals surface area contributed by atoms with E-state index in [2.05, 4.69) is 67.2 Å². The van der Waals surface area contributed by atoms with Gasteiger partial charge >= 0.3 is 0 Å². The van der Waals surface area contributed by atoms with E-state index in [1.807, 2.05) is 0 Å². The minimum absolute atomic E-state index is 0.324. The smallest absolute Gasteiger partial charge is 0.119 e. The van der Waals surface area contributed by atoms with Crippen molar-refractivity contribution in [3.63, 3.8) is 0 Å². The van der Waals surface area contributed by atoms with Gasteiger partial charge in [-0.25, -0.2) is 0 Å². The van der Waals surface area contributed by atoms with Crippen molar-refractivity contribution in [3.05, 3.63) is 52.2 Å². The second kappa shape index (κ2) is 7.46. The van der Waals surface area contributed by atoms with Gasteiger partial charge in [-0.3, -0.25) is 0 Å². The lowest BCUT2D eigenvalue weighted by molar-refractivity contribution is 0.317. The molecule has 1 aromatic heterocycles. The topological polar surface area (TPSA) is 21.3 Å². The SMILES string of the molecule is CCCOc1ccc(C(C)NC(C)c2ccsc2)cc1. The Morgan fingerprint density at radius 3 is 2.35 bits per heavy atom. The van der Waals surface area contributed by atoms with Gasteiger partial charge in [-0.05, 0) is 60.4 Å². The van der Waals surface area contributed by atoms with Crippen LogP contribution in [-0.4, -0.2) is 6.61 Å². The highest BCUT2D eigenvalue weighted by atomic mass is 32.1. The Hall–Kier alpha value is -1.32. The molecule has 20 heavy (non-hydrogen) atoms. The average Bonchev–Trinajstić information content (AvgIpc) is 3.00. The first-order valence-corrected chi connectivity index (χ1v) is 8.16. The van der Waals surface area contributed by atoms with Crippen LogP contribution in [-0.2, 0) is 0 Å². The Morgan fingerprint density at radius 2 is 1.75 bits per heavy atom. The van der Waals surface area contributed by atoms with Crippen LogP contribution in [0.1, 0.15) is 50.4 Å². The lowest BCUT2D eigenvalue weighted by Crippen LogP contribution is -2.22. The van der Waals surface area contributed by atoms with E-state index in [-0.39, 0.29) is 0 Å². The largest absolute Gasteiger partial charge is 0.494 e. The summed E-state index contributed by atoms with van der Waals surface area (Å²) in [6, 6.07) is 11.3. The summed E-state index contributed by atoms with van der Waals surface area (Å²) in [5.74, 6) is 0.952. The van der Waals surface area contributed by atoms with E-state index in [4.69, 9.17) is 4.74 Å². The normalized spacial score (nSPS) is 13.9. The van der Waals surface area contributed by atoms with E-state index in [9.17, 15) is 0 Å². The summed E-state index contributed by atoms with van der Waals surface area (Å²) in [5.41, 5.74) is 2.64. The predicted molar refractivity (Wildman–Crippen MR) is 86.5 cm³/mol. The Morgan fingerprint density at radius 1 is 1.05 bits per heavy atom. The summed E-state index contributed by atoms with van der Waals surface area (Å²) in [4.78, 5) is 0. The standard InChI is InChI=1S/C17H23NOS/c1-4-10-19-17-7-5-15(6-8-17)13(2)18-14(3)16-9-11-20-12-16/h5-9,11-14,18H,4,10H2,1-3H3. The third kappa shape index (κ3) is 4.09. The molecule has 2 nitrogen and oxygen atoms in total. The zero-order valence-electron chi connectivity index (χ0n) is 12.4. The van der Waals surface area contributed by atoms with Gasteiger partial charge in [0, 0.05) is 12.1 Å². The molecule has 0 fully saturated rings. The molecule has 0 saturated carbocycles. The zero-order chi connectivity index (χ0) is 14.4. The minimum Gasteiger partial charge on any atom is -0.494 e. The summed E-state index contributed by atoms with van der Waals surface area (Å²) in [7, 11) is 0. The van der Waals surface area contributed by atoms with Gasteiger partial charge in [0.15, 0.2) is 0 Å². The number of hydrogen-bond acceptors (Lipinski definition) is 3. The van der Waals surface area contributed by atoms with Gasteiger partial charge in [-0.1, -0.05) is 19.1 Å². The van der Waals surface area contributed by atoms with Crippen LogP contribution < -0.4 is 10.1 Å². The van der Waals surface area contributed by atoms with Gasteiger partial charge in [0.2, 0.25) is 0 Å². The van der Waals surface area contributed by atoms with E-state index in [1.54, 1.807) is 11.3 Å². The molecule has 2 unspecified atom stereocenters. The van der Waals surface area contributed by atoms with Crippen molar-refractivity contribution in [1.29, 1.82) is 0 Å². The summed E-state index contributed by atoms with van der Waals surface area (Å²) in [6.07, 6.45) is 1.04. The number of benzene rings is 1. The molecule has 0 spiro atoms. The molecule has 0 aliphatic carbocycles. The molecule has 0 saturated heterocycles. The third-order valence-electron chi connectivity index (χ3n) is 3.40. The molecule has 0 aliphatic heterocycles. The van der Waals surface area contributed by atoms with Crippen LogP contribution in [0.2, 0.25) is 0 Å². The van der Waals surface area contributed by atoms with Gasteiger partial charge in [0.25, 0.3) is 0 Å². The van der Waals surface area contributed by atoms with Crippen LogP contribution in [0, 0.1) is 0 Å². The van der Waals surface area contributed by atoms with Crippen molar-refractivity contribution >= 4 is 11.3 Å². The van der Waals surface area contributed by atoms with Gasteiger partial charge < -0.3 is 10.1 Å². The van der Waals surface area contributed by atoms with Crippen LogP contribution >= 0.6 is 11.3 Å². The van der Waals surface area contributed by atoms with Crippen molar-refractivity contribution in [2.75, 3.05) is 6.61 Å². The first-order chi connectivity index (χ1) is 9.70. The lowest BCUT2D eigenvalue weighted by atomic mass is 10.1. The maximum absolute atomic E-state index is 5.61. The van der Waals surface area contributed by atoms with Crippen LogP contribution in [0.25, 0.3) is 0 Å². The molecule has 3 heteroatoms. The van der Waals surface area contributed by atoms with Crippen LogP contribution in [0.3, 0.4) is 0 Å². The number of hydrogen-bond donors (Lipinski definition) is 1. The van der Waals surface area contributed by atoms with E-state index in [0.717, 1.165) is 18.8 Å². The Bertz CT molecular complexity index is 492. The summed E-state index contributed by atoms with van der Waals surface area (Å²) in [5, 5.41) is 7.95. The molecule has 0 aliphatic rings. The van der Waals surface area contributed by atoms with Gasteiger partial charge in [-0.15, -0.1) is 0 Å². The first kappa shape index (κ1) is 15.1. The fourth-order valence-corrected chi connectivity index (χ4v) is 2.92. The molecule has 0 amide bonds. The molecule has 1 heterocycles. The van der Waals surface area contributed by atoms with E-state index in [0.29, 0.717) is 12.1 Å². The Kier molecular flexibility index (Phi) is 5.62. The van der Waals surface area contributed by atoms with Gasteiger partial charge in [0.1, 0.15) is 5.75 Å². The van der Waals surface area contributed by atoms with Gasteiger partial charge in [-0.2, -0.15) is 11.3 Å². The first-order valence-electron chi connectivity index (χ1n) is 7.21. The molecule has 2 atom stereocenters. The third-order valence-corrected chi connectivity index (χ3v) is 4.10. The van der Waals surface area contributed by atoms with Crippen molar-refractivity contribution < 1.29 is 4.74 Å². The number of nitrogens with one attached hydrogen (secondary N) is 1. The second-order valence-corrected chi connectivity index (χ2v) is 5.86. The monoisotopic (exact) mass is 289 g/mol. The lowest BCUT2D eigenvalue weighted by Gasteiger charge is -2.20. The molecule has 1 aromatic carbocycles. The van der Waals surface area contributed by atoms with Crippen LogP contribution in [0.5, 0.6) is 5.75 Å². The maximum Gasteiger partial charge on any atom is 0.119 e. The molecule has 2 aromatic rings. The van der Waals surface area contributed by atoms with Crippen LogP contribution in [0.15, 0.2) is 41.1 Å². The molecule has 1 N–H and O–H groups in total. The van der Waals surface area contributed by atoms with Crippen molar-refractivity contribution in [1.82, 2.24) is 5.32 Å². The van der Waals surface area contributed by atoms with Gasteiger partial charge in [0.05, 0.1) is 6.61 Å². The van der Waals surface area contributed by atoms with Crippen molar-refractivity contribution in [2.24, 2.45) is 0 Å². The number of ether oxygens (including phenoxy) is 1. The zero-order valence-corrected chi connectivity index (χ0v) is 13.2. The highest BCUT2D eigenvalue weighted by Crippen LogP contribution is 2.22. The average molecular weight is 289 g/mol. The predicted octanol–water partition coefficient (Wildman–Crippen LogP) is 4.95. The Balaban J connectivity index is 1.93. The van der Waals surface area contributed by atoms with Crippen LogP contribution in [0.4, 0.5) is 0 Å². The molecular formula is C17H23NOS. The molecule has 108 valence electrons. The van der Waals surface area contributed by atoms with E-state index >= 15 is 0 Å². The van der Waals surface area contributed by atoms with Crippen molar-refractivity contribution in [2.45, 2.75) is 39.3 Å². The highest BCUT2D eigenvalue weighted by Gasteiger charge is 2.11. The van der Waals surface area contributed by atoms with Crippen molar-refractivity contribution in [3.8, 4) is 5.75 Å². The second-order valence-electron chi connectivity index (χ2n) is 5.08.